The predicted octanol–water partition coefficient (Wildman–Crippen LogP) is 2.96. The maximum atomic E-state index is 12.8. The first-order valence-electron chi connectivity index (χ1n) is 11.1. The number of carbonyl (C=O) groups excluding carboxylic acids is 2. The summed E-state index contributed by atoms with van der Waals surface area (Å²) in [7, 11) is -3.68. The van der Waals surface area contributed by atoms with Gasteiger partial charge in [-0.15, -0.1) is 0 Å². The number of rotatable bonds is 9. The summed E-state index contributed by atoms with van der Waals surface area (Å²) in [6.07, 6.45) is 3.85. The largest absolute Gasteiger partial charge is 0.355 e. The molecule has 1 aliphatic carbocycles. The summed E-state index contributed by atoms with van der Waals surface area (Å²) in [6.45, 7) is 3.80. The van der Waals surface area contributed by atoms with Gasteiger partial charge in [-0.25, -0.2) is 8.42 Å². The fourth-order valence-electron chi connectivity index (χ4n) is 4.28. The number of aryl methyl sites for hydroxylation is 1. The van der Waals surface area contributed by atoms with E-state index in [1.165, 1.54) is 0 Å². The van der Waals surface area contributed by atoms with E-state index in [0.717, 1.165) is 37.8 Å². The van der Waals surface area contributed by atoms with Crippen LogP contribution >= 0.6 is 0 Å². The van der Waals surface area contributed by atoms with Crippen LogP contribution in [-0.2, 0) is 25.0 Å². The first-order valence-corrected chi connectivity index (χ1v) is 12.6. The summed E-state index contributed by atoms with van der Waals surface area (Å²) in [5, 5.41) is 3.01. The van der Waals surface area contributed by atoms with Crippen molar-refractivity contribution < 1.29 is 18.0 Å². The number of benzene rings is 2. The van der Waals surface area contributed by atoms with E-state index in [1.54, 1.807) is 43.3 Å². The summed E-state index contributed by atoms with van der Waals surface area (Å²) in [5.74, 6) is 0.201. The third kappa shape index (κ3) is 4.65. The third-order valence-corrected chi connectivity index (χ3v) is 7.86. The Balaban J connectivity index is 1.34. The lowest BCUT2D eigenvalue weighted by molar-refractivity contribution is -0.127. The normalized spacial score (nSPS) is 17.3. The molecule has 0 radical (unpaired) electrons. The Morgan fingerprint density at radius 2 is 1.81 bits per heavy atom. The molecule has 170 valence electrons. The lowest BCUT2D eigenvalue weighted by Crippen LogP contribution is -2.36. The highest BCUT2D eigenvalue weighted by Crippen LogP contribution is 2.48. The smallest absolute Gasteiger partial charge is 0.262 e. The van der Waals surface area contributed by atoms with Gasteiger partial charge < -0.3 is 10.2 Å². The van der Waals surface area contributed by atoms with Gasteiger partial charge in [-0.3, -0.25) is 14.3 Å². The summed E-state index contributed by atoms with van der Waals surface area (Å²) < 4.78 is 28.0. The highest BCUT2D eigenvalue weighted by molar-refractivity contribution is 7.92. The molecule has 1 saturated heterocycles. The van der Waals surface area contributed by atoms with Crippen LogP contribution < -0.4 is 10.0 Å². The molecule has 4 rings (SSSR count). The molecule has 1 heterocycles. The van der Waals surface area contributed by atoms with Crippen molar-refractivity contribution in [1.29, 1.82) is 0 Å². The van der Waals surface area contributed by atoms with Crippen molar-refractivity contribution in [3.05, 3.63) is 59.7 Å². The molecule has 2 amide bonds. The molecular weight excluding hydrogens is 426 g/mol. The molecule has 7 nitrogen and oxygen atoms in total. The zero-order chi connectivity index (χ0) is 22.8. The second-order valence-corrected chi connectivity index (χ2v) is 10.3. The van der Waals surface area contributed by atoms with Gasteiger partial charge in [0.25, 0.3) is 10.0 Å². The third-order valence-electron chi connectivity index (χ3n) is 6.32. The summed E-state index contributed by atoms with van der Waals surface area (Å²) in [4.78, 5) is 26.6. The highest BCUT2D eigenvalue weighted by Gasteiger charge is 2.51. The van der Waals surface area contributed by atoms with Crippen LogP contribution in [0.1, 0.15) is 43.2 Å². The van der Waals surface area contributed by atoms with Gasteiger partial charge in [-0.1, -0.05) is 30.3 Å². The Labute approximate surface area is 189 Å². The SMILES string of the molecule is Cc1ccccc1S(=O)(=O)Nc1ccc(C2(C(=O)NCCCN3CCCC3=O)CC2)cc1. The van der Waals surface area contributed by atoms with Gasteiger partial charge in [0.2, 0.25) is 11.8 Å². The van der Waals surface area contributed by atoms with Crippen LogP contribution in [-0.4, -0.2) is 44.8 Å². The van der Waals surface area contributed by atoms with E-state index in [0.29, 0.717) is 30.8 Å². The van der Waals surface area contributed by atoms with E-state index in [4.69, 9.17) is 0 Å². The topological polar surface area (TPSA) is 95.6 Å². The van der Waals surface area contributed by atoms with Gasteiger partial charge in [-0.05, 0) is 61.9 Å². The number of hydrogen-bond donors (Lipinski definition) is 2. The molecule has 0 unspecified atom stereocenters. The molecule has 0 bridgehead atoms. The van der Waals surface area contributed by atoms with Crippen molar-refractivity contribution in [3.63, 3.8) is 0 Å². The Morgan fingerprint density at radius 3 is 2.44 bits per heavy atom. The summed E-state index contributed by atoms with van der Waals surface area (Å²) in [6, 6.07) is 13.9. The van der Waals surface area contributed by atoms with Gasteiger partial charge in [0, 0.05) is 31.7 Å². The Bertz CT molecular complexity index is 1110. The van der Waals surface area contributed by atoms with Crippen LogP contribution in [0.4, 0.5) is 5.69 Å². The van der Waals surface area contributed by atoms with Crippen molar-refractivity contribution in [2.75, 3.05) is 24.4 Å². The van der Waals surface area contributed by atoms with Crippen LogP contribution in [0.3, 0.4) is 0 Å². The minimum absolute atomic E-state index is 0.00140. The van der Waals surface area contributed by atoms with Crippen molar-refractivity contribution in [2.24, 2.45) is 0 Å². The number of anilines is 1. The van der Waals surface area contributed by atoms with Gasteiger partial charge in [-0.2, -0.15) is 0 Å². The molecule has 0 aromatic heterocycles. The molecule has 1 aliphatic heterocycles. The van der Waals surface area contributed by atoms with Crippen LogP contribution in [0.25, 0.3) is 0 Å². The van der Waals surface area contributed by atoms with Gasteiger partial charge in [0.05, 0.1) is 10.3 Å². The van der Waals surface area contributed by atoms with Crippen molar-refractivity contribution in [1.82, 2.24) is 10.2 Å². The number of hydrogen-bond acceptors (Lipinski definition) is 4. The molecule has 2 aromatic rings. The highest BCUT2D eigenvalue weighted by atomic mass is 32.2. The zero-order valence-electron chi connectivity index (χ0n) is 18.3. The van der Waals surface area contributed by atoms with E-state index in [2.05, 4.69) is 10.0 Å². The number of nitrogens with zero attached hydrogens (tertiary/aromatic N) is 1. The molecule has 2 aliphatic rings. The zero-order valence-corrected chi connectivity index (χ0v) is 19.1. The summed E-state index contributed by atoms with van der Waals surface area (Å²) >= 11 is 0. The molecule has 2 fully saturated rings. The molecule has 1 saturated carbocycles. The quantitative estimate of drug-likeness (QED) is 0.568. The van der Waals surface area contributed by atoms with Crippen LogP contribution in [0.5, 0.6) is 0 Å². The lowest BCUT2D eigenvalue weighted by Gasteiger charge is -2.18. The van der Waals surface area contributed by atoms with Crippen LogP contribution in [0, 0.1) is 6.92 Å². The second-order valence-electron chi connectivity index (χ2n) is 8.62. The second kappa shape index (κ2) is 8.94. The minimum atomic E-state index is -3.68. The molecule has 2 N–H and O–H groups in total. The first-order chi connectivity index (χ1) is 15.3. The maximum Gasteiger partial charge on any atom is 0.262 e. The molecular formula is C24H29N3O4S. The monoisotopic (exact) mass is 455 g/mol. The molecule has 32 heavy (non-hydrogen) atoms. The minimum Gasteiger partial charge on any atom is -0.355 e. The lowest BCUT2D eigenvalue weighted by atomic mass is 9.95. The van der Waals surface area contributed by atoms with Crippen LogP contribution in [0.2, 0.25) is 0 Å². The Morgan fingerprint density at radius 1 is 1.09 bits per heavy atom. The Hall–Kier alpha value is -2.87. The first kappa shape index (κ1) is 22.3. The molecule has 0 atom stereocenters. The number of amides is 2. The number of likely N-dealkylation sites (tertiary alicyclic amines) is 1. The maximum absolute atomic E-state index is 12.8. The van der Waals surface area contributed by atoms with Gasteiger partial charge in [0.1, 0.15) is 0 Å². The van der Waals surface area contributed by atoms with Gasteiger partial charge >= 0.3 is 0 Å². The number of nitrogens with one attached hydrogen (secondary N) is 2. The number of sulfonamides is 1. The van der Waals surface area contributed by atoms with Crippen molar-refractivity contribution in [3.8, 4) is 0 Å². The molecule has 2 aromatic carbocycles. The summed E-state index contributed by atoms with van der Waals surface area (Å²) in [5.41, 5.74) is 1.50. The van der Waals surface area contributed by atoms with Crippen LogP contribution in [0.15, 0.2) is 53.4 Å². The number of carbonyl (C=O) groups is 2. The van der Waals surface area contributed by atoms with E-state index in [-0.39, 0.29) is 16.7 Å². The van der Waals surface area contributed by atoms with E-state index in [9.17, 15) is 18.0 Å². The standard InChI is InChI=1S/C24H29N3O4S/c1-18-6-2-3-7-21(18)32(30,31)26-20-11-9-19(10-12-20)24(13-14-24)23(29)25-15-5-17-27-16-4-8-22(27)28/h2-3,6-7,9-12,26H,4-5,8,13-17H2,1H3,(H,25,29). The van der Waals surface area contributed by atoms with Crippen molar-refractivity contribution >= 4 is 27.5 Å². The Kier molecular flexibility index (Phi) is 6.24. The van der Waals surface area contributed by atoms with E-state index in [1.807, 2.05) is 17.0 Å². The molecule has 8 heteroatoms. The van der Waals surface area contributed by atoms with E-state index >= 15 is 0 Å². The predicted molar refractivity (Wildman–Crippen MR) is 123 cm³/mol. The molecule has 0 spiro atoms. The van der Waals surface area contributed by atoms with Gasteiger partial charge in [0.15, 0.2) is 0 Å². The fraction of sp³-hybridized carbons (Fsp3) is 0.417. The fourth-order valence-corrected chi connectivity index (χ4v) is 5.58. The van der Waals surface area contributed by atoms with Crippen molar-refractivity contribution in [2.45, 2.75) is 49.3 Å². The average Bonchev–Trinajstić information content (AvgIpc) is 3.48. The van der Waals surface area contributed by atoms with E-state index < -0.39 is 15.4 Å². The average molecular weight is 456 g/mol.